The summed E-state index contributed by atoms with van der Waals surface area (Å²) in [5.41, 5.74) is 1.20. The minimum Gasteiger partial charge on any atom is -0.478 e. The minimum absolute atomic E-state index is 0.257. The van der Waals surface area contributed by atoms with Gasteiger partial charge in [-0.3, -0.25) is 9.59 Å². The van der Waals surface area contributed by atoms with Gasteiger partial charge in [0.1, 0.15) is 0 Å². The highest BCUT2D eigenvalue weighted by molar-refractivity contribution is 6.31. The van der Waals surface area contributed by atoms with Crippen LogP contribution in [0.1, 0.15) is 28.8 Å². The maximum Gasteiger partial charge on any atom is 0.328 e. The highest BCUT2D eigenvalue weighted by Crippen LogP contribution is 2.29. The molecule has 0 unspecified atom stereocenters. The number of hydrogen-bond donors (Lipinski definition) is 3. The molecule has 1 aromatic carbocycles. The van der Waals surface area contributed by atoms with Crippen LogP contribution in [0.2, 0.25) is 5.02 Å². The van der Waals surface area contributed by atoms with Gasteiger partial charge in [0.05, 0.1) is 11.3 Å². The number of rotatable bonds is 6. The van der Waals surface area contributed by atoms with Gasteiger partial charge in [0.15, 0.2) is 0 Å². The van der Waals surface area contributed by atoms with Gasteiger partial charge in [-0.05, 0) is 43.4 Å². The molecule has 6 nitrogen and oxygen atoms in total. The third-order valence-corrected chi connectivity index (χ3v) is 3.64. The van der Waals surface area contributed by atoms with Crippen LogP contribution in [0.5, 0.6) is 0 Å². The zero-order valence-corrected chi connectivity index (χ0v) is 13.3. The fourth-order valence-corrected chi connectivity index (χ4v) is 2.33. The van der Waals surface area contributed by atoms with Crippen LogP contribution in [0, 0.1) is 12.8 Å². The highest BCUT2D eigenvalue weighted by atomic mass is 35.5. The Morgan fingerprint density at radius 2 is 2.00 bits per heavy atom. The lowest BCUT2D eigenvalue weighted by Gasteiger charge is -2.14. The fraction of sp³-hybridized carbons (Fsp3) is 0.312. The molecule has 0 atom stereocenters. The van der Waals surface area contributed by atoms with Gasteiger partial charge in [-0.15, -0.1) is 0 Å². The Morgan fingerprint density at radius 3 is 2.61 bits per heavy atom. The molecule has 0 heterocycles. The van der Waals surface area contributed by atoms with Gasteiger partial charge in [-0.25, -0.2) is 4.79 Å². The lowest BCUT2D eigenvalue weighted by Crippen LogP contribution is -2.27. The summed E-state index contributed by atoms with van der Waals surface area (Å²) in [7, 11) is 0. The molecule has 3 N–H and O–H groups in total. The van der Waals surface area contributed by atoms with E-state index in [0.717, 1.165) is 25.0 Å². The van der Waals surface area contributed by atoms with Crippen LogP contribution in [0.25, 0.3) is 0 Å². The lowest BCUT2D eigenvalue weighted by atomic mass is 10.1. The van der Waals surface area contributed by atoms with Gasteiger partial charge < -0.3 is 15.7 Å². The molecular weight excluding hydrogens is 320 g/mol. The molecule has 23 heavy (non-hydrogen) atoms. The summed E-state index contributed by atoms with van der Waals surface area (Å²) in [6.45, 7) is 2.30. The third kappa shape index (κ3) is 5.10. The largest absolute Gasteiger partial charge is 0.478 e. The summed E-state index contributed by atoms with van der Waals surface area (Å²) in [6.07, 6.45) is 3.84. The first-order valence-corrected chi connectivity index (χ1v) is 7.55. The van der Waals surface area contributed by atoms with E-state index in [1.54, 1.807) is 13.0 Å². The molecule has 1 aliphatic rings. The average Bonchev–Trinajstić information content (AvgIpc) is 3.29. The number of carboxylic acids is 1. The maximum absolute atomic E-state index is 12.3. The summed E-state index contributed by atoms with van der Waals surface area (Å²) in [5, 5.41) is 14.3. The Labute approximate surface area is 138 Å². The molecule has 0 bridgehead atoms. The van der Waals surface area contributed by atoms with Crippen molar-refractivity contribution in [3.05, 3.63) is 40.4 Å². The van der Waals surface area contributed by atoms with Crippen LogP contribution in [0.3, 0.4) is 0 Å². The van der Waals surface area contributed by atoms with Crippen LogP contribution in [0.15, 0.2) is 24.3 Å². The summed E-state index contributed by atoms with van der Waals surface area (Å²) >= 11 is 6.00. The van der Waals surface area contributed by atoms with Gasteiger partial charge in [0.25, 0.3) is 5.91 Å². The molecule has 0 saturated heterocycles. The van der Waals surface area contributed by atoms with E-state index in [1.165, 1.54) is 6.07 Å². The molecule has 2 rings (SSSR count). The zero-order valence-electron chi connectivity index (χ0n) is 12.6. The molecule has 0 radical (unpaired) electrons. The second kappa shape index (κ2) is 7.28. The van der Waals surface area contributed by atoms with Crippen molar-refractivity contribution >= 4 is 35.1 Å². The lowest BCUT2D eigenvalue weighted by molar-refractivity contribution is -0.131. The van der Waals surface area contributed by atoms with Crippen molar-refractivity contribution in [2.45, 2.75) is 19.8 Å². The predicted octanol–water partition coefficient (Wildman–Crippen LogP) is 2.37. The van der Waals surface area contributed by atoms with Crippen molar-refractivity contribution in [1.82, 2.24) is 5.32 Å². The van der Waals surface area contributed by atoms with E-state index < -0.39 is 11.9 Å². The number of halogens is 1. The van der Waals surface area contributed by atoms with Gasteiger partial charge >= 0.3 is 5.97 Å². The van der Waals surface area contributed by atoms with Crippen LogP contribution in [-0.2, 0) is 9.59 Å². The number of aryl methyl sites for hydroxylation is 1. The minimum atomic E-state index is -1.23. The summed E-state index contributed by atoms with van der Waals surface area (Å²) in [4.78, 5) is 34.5. The number of benzene rings is 1. The van der Waals surface area contributed by atoms with Crippen molar-refractivity contribution in [1.29, 1.82) is 0 Å². The molecule has 0 spiro atoms. The Hall–Kier alpha value is -2.34. The van der Waals surface area contributed by atoms with Crippen molar-refractivity contribution in [2.24, 2.45) is 5.92 Å². The average molecular weight is 337 g/mol. The van der Waals surface area contributed by atoms with Crippen LogP contribution in [0.4, 0.5) is 5.69 Å². The topological polar surface area (TPSA) is 95.5 Å². The standard InChI is InChI=1S/C16H17ClN2O4/c1-9-6-11(17)7-12(16(23)18-8-10-2-3-10)15(9)19-13(20)4-5-14(21)22/h4-7,10H,2-3,8H2,1H3,(H,18,23)(H,19,20)(H,21,22)/b5-4-. The Kier molecular flexibility index (Phi) is 5.39. The van der Waals surface area contributed by atoms with Crippen molar-refractivity contribution < 1.29 is 19.5 Å². The Balaban J connectivity index is 2.20. The summed E-state index contributed by atoms with van der Waals surface area (Å²) in [5.74, 6) is -1.65. The van der Waals surface area contributed by atoms with Crippen LogP contribution < -0.4 is 10.6 Å². The fourth-order valence-electron chi connectivity index (χ4n) is 2.05. The predicted molar refractivity (Wildman–Crippen MR) is 86.7 cm³/mol. The van der Waals surface area contributed by atoms with E-state index in [1.807, 2.05) is 0 Å². The molecule has 1 aromatic rings. The second-order valence-electron chi connectivity index (χ2n) is 5.46. The van der Waals surface area contributed by atoms with Crippen molar-refractivity contribution in [3.8, 4) is 0 Å². The van der Waals surface area contributed by atoms with Gasteiger partial charge in [0, 0.05) is 23.7 Å². The van der Waals surface area contributed by atoms with Gasteiger partial charge in [-0.1, -0.05) is 11.6 Å². The number of hydrogen-bond acceptors (Lipinski definition) is 3. The van der Waals surface area contributed by atoms with Crippen LogP contribution >= 0.6 is 11.6 Å². The first kappa shape index (κ1) is 17.0. The van der Waals surface area contributed by atoms with E-state index in [2.05, 4.69) is 10.6 Å². The first-order valence-electron chi connectivity index (χ1n) is 7.17. The number of carboxylic acid groups (broad SMARTS) is 1. The molecular formula is C16H17ClN2O4. The maximum atomic E-state index is 12.3. The third-order valence-electron chi connectivity index (χ3n) is 3.42. The molecule has 0 aliphatic heterocycles. The monoisotopic (exact) mass is 336 g/mol. The quantitative estimate of drug-likeness (QED) is 0.695. The van der Waals surface area contributed by atoms with E-state index >= 15 is 0 Å². The second-order valence-corrected chi connectivity index (χ2v) is 5.90. The SMILES string of the molecule is Cc1cc(Cl)cc(C(=O)NCC2CC2)c1NC(=O)/C=C\C(=O)O. The molecule has 1 fully saturated rings. The number of aliphatic carboxylic acids is 1. The van der Waals surface area contributed by atoms with Gasteiger partial charge in [-0.2, -0.15) is 0 Å². The van der Waals surface area contributed by atoms with Crippen LogP contribution in [-0.4, -0.2) is 29.4 Å². The molecule has 0 aromatic heterocycles. The Bertz CT molecular complexity index is 681. The summed E-state index contributed by atoms with van der Waals surface area (Å²) in [6, 6.07) is 3.10. The number of nitrogens with one attached hydrogen (secondary N) is 2. The Morgan fingerprint density at radius 1 is 1.30 bits per heavy atom. The van der Waals surface area contributed by atoms with E-state index in [-0.39, 0.29) is 11.5 Å². The summed E-state index contributed by atoms with van der Waals surface area (Å²) < 4.78 is 0. The van der Waals surface area contributed by atoms with Gasteiger partial charge in [0.2, 0.25) is 5.91 Å². The van der Waals surface area contributed by atoms with Crippen molar-refractivity contribution in [2.75, 3.05) is 11.9 Å². The number of amides is 2. The molecule has 122 valence electrons. The molecule has 7 heteroatoms. The van der Waals surface area contributed by atoms with E-state index in [9.17, 15) is 14.4 Å². The number of carbonyl (C=O) groups excluding carboxylic acids is 2. The zero-order chi connectivity index (χ0) is 17.0. The van der Waals surface area contributed by atoms with Crippen molar-refractivity contribution in [3.63, 3.8) is 0 Å². The molecule has 2 amide bonds. The highest BCUT2D eigenvalue weighted by Gasteiger charge is 2.23. The van der Waals surface area contributed by atoms with E-state index in [4.69, 9.17) is 16.7 Å². The van der Waals surface area contributed by atoms with E-state index in [0.29, 0.717) is 28.7 Å². The number of anilines is 1. The normalized spacial score (nSPS) is 13.8. The molecule has 1 saturated carbocycles. The molecule has 1 aliphatic carbocycles. The smallest absolute Gasteiger partial charge is 0.328 e. The number of carbonyl (C=O) groups is 3. The first-order chi connectivity index (χ1) is 10.9.